The van der Waals surface area contributed by atoms with Crippen molar-refractivity contribution in [3.05, 3.63) is 59.2 Å². The highest BCUT2D eigenvalue weighted by Crippen LogP contribution is 2.35. The molecule has 0 N–H and O–H groups in total. The lowest BCUT2D eigenvalue weighted by Crippen LogP contribution is -2.29. The van der Waals surface area contributed by atoms with E-state index in [2.05, 4.69) is 0 Å². The van der Waals surface area contributed by atoms with E-state index in [4.69, 9.17) is 9.47 Å². The molecule has 1 aliphatic rings. The highest BCUT2D eigenvalue weighted by atomic mass is 19.4. The van der Waals surface area contributed by atoms with Crippen LogP contribution in [0, 0.1) is 0 Å². The van der Waals surface area contributed by atoms with Gasteiger partial charge in [-0.05, 0) is 23.8 Å². The van der Waals surface area contributed by atoms with Crippen molar-refractivity contribution in [1.82, 2.24) is 0 Å². The first-order chi connectivity index (χ1) is 12.4. The molecule has 7 heteroatoms. The summed E-state index contributed by atoms with van der Waals surface area (Å²) in [6, 6.07) is 10.4. The fourth-order valence-corrected chi connectivity index (χ4v) is 2.89. The van der Waals surface area contributed by atoms with Crippen molar-refractivity contribution in [1.29, 1.82) is 0 Å². The van der Waals surface area contributed by atoms with Gasteiger partial charge < -0.3 is 14.4 Å². The Bertz CT molecular complexity index is 805. The smallest absolute Gasteiger partial charge is 0.416 e. The van der Waals surface area contributed by atoms with Gasteiger partial charge in [0.1, 0.15) is 12.2 Å². The van der Waals surface area contributed by atoms with E-state index in [1.165, 1.54) is 18.2 Å². The highest BCUT2D eigenvalue weighted by Gasteiger charge is 2.32. The summed E-state index contributed by atoms with van der Waals surface area (Å²) in [6.07, 6.45) is -4.45. The van der Waals surface area contributed by atoms with E-state index in [0.717, 1.165) is 11.8 Å². The number of rotatable bonds is 4. The van der Waals surface area contributed by atoms with Gasteiger partial charge in [-0.25, -0.2) is 4.79 Å². The van der Waals surface area contributed by atoms with Crippen molar-refractivity contribution in [2.75, 3.05) is 31.7 Å². The second kappa shape index (κ2) is 7.27. The molecular formula is C19H18F3NO3. The summed E-state index contributed by atoms with van der Waals surface area (Å²) in [5.41, 5.74) is 0.447. The van der Waals surface area contributed by atoms with E-state index >= 15 is 0 Å². The minimum atomic E-state index is -4.43. The molecule has 0 bridgehead atoms. The Morgan fingerprint density at radius 3 is 2.73 bits per heavy atom. The second-order valence-electron chi connectivity index (χ2n) is 5.96. The minimum absolute atomic E-state index is 0.0167. The summed E-state index contributed by atoms with van der Waals surface area (Å²) in [7, 11) is 1.89. The molecule has 0 saturated carbocycles. The zero-order chi connectivity index (χ0) is 18.7. The number of likely N-dealkylation sites (N-methyl/N-ethyl adjacent to an activating group) is 1. The Labute approximate surface area is 149 Å². The first kappa shape index (κ1) is 18.1. The van der Waals surface area contributed by atoms with Crippen LogP contribution in [0.2, 0.25) is 0 Å². The third-order valence-corrected chi connectivity index (χ3v) is 4.23. The molecule has 0 aliphatic carbocycles. The number of ether oxygens (including phenoxy) is 2. The maximum atomic E-state index is 13.0. The van der Waals surface area contributed by atoms with Crippen molar-refractivity contribution in [3.63, 3.8) is 0 Å². The number of esters is 1. The molecule has 0 saturated heterocycles. The maximum Gasteiger partial charge on any atom is 0.416 e. The monoisotopic (exact) mass is 365 g/mol. The zero-order valence-electron chi connectivity index (χ0n) is 14.2. The predicted molar refractivity (Wildman–Crippen MR) is 90.6 cm³/mol. The Kier molecular flexibility index (Phi) is 5.06. The predicted octanol–water partition coefficient (Wildman–Crippen LogP) is 3.93. The Morgan fingerprint density at radius 2 is 1.96 bits per heavy atom. The topological polar surface area (TPSA) is 38.8 Å². The van der Waals surface area contributed by atoms with Gasteiger partial charge in [-0.15, -0.1) is 0 Å². The Hall–Kier alpha value is -2.70. The average Bonchev–Trinajstić information content (AvgIpc) is 2.61. The SMILES string of the molecule is CN1CCOc2c(C(=O)OCCc3ccccc3C(F)(F)F)cccc21. The molecule has 138 valence electrons. The van der Waals surface area contributed by atoms with Gasteiger partial charge in [0.2, 0.25) is 0 Å². The van der Waals surface area contributed by atoms with Gasteiger partial charge in [0.05, 0.1) is 24.4 Å². The van der Waals surface area contributed by atoms with Crippen LogP contribution in [0.1, 0.15) is 21.5 Å². The summed E-state index contributed by atoms with van der Waals surface area (Å²) in [6.45, 7) is 1.01. The maximum absolute atomic E-state index is 13.0. The van der Waals surface area contributed by atoms with Crippen molar-refractivity contribution in [3.8, 4) is 5.75 Å². The van der Waals surface area contributed by atoms with E-state index in [0.29, 0.717) is 18.9 Å². The summed E-state index contributed by atoms with van der Waals surface area (Å²) in [5.74, 6) is -0.163. The van der Waals surface area contributed by atoms with Crippen LogP contribution in [0.3, 0.4) is 0 Å². The number of anilines is 1. The van der Waals surface area contributed by atoms with E-state index in [-0.39, 0.29) is 24.2 Å². The highest BCUT2D eigenvalue weighted by molar-refractivity contribution is 5.95. The average molecular weight is 365 g/mol. The molecule has 2 aromatic rings. The normalized spacial score (nSPS) is 13.8. The zero-order valence-corrected chi connectivity index (χ0v) is 14.2. The van der Waals surface area contributed by atoms with Gasteiger partial charge in [-0.3, -0.25) is 0 Å². The van der Waals surface area contributed by atoms with Crippen LogP contribution in [-0.4, -0.2) is 32.8 Å². The fourth-order valence-electron chi connectivity index (χ4n) is 2.89. The Morgan fingerprint density at radius 1 is 1.19 bits per heavy atom. The first-order valence-corrected chi connectivity index (χ1v) is 8.17. The van der Waals surface area contributed by atoms with Gasteiger partial charge in [0.15, 0.2) is 5.75 Å². The van der Waals surface area contributed by atoms with Crippen LogP contribution in [0.25, 0.3) is 0 Å². The standard InChI is InChI=1S/C19H18F3NO3/c1-23-10-12-25-17-14(6-4-8-16(17)23)18(24)26-11-9-13-5-2-3-7-15(13)19(20,21)22/h2-8H,9-12H2,1H3. The fraction of sp³-hybridized carbons (Fsp3) is 0.316. The van der Waals surface area contributed by atoms with Gasteiger partial charge in [0.25, 0.3) is 0 Å². The van der Waals surface area contributed by atoms with Gasteiger partial charge >= 0.3 is 12.1 Å². The van der Waals surface area contributed by atoms with E-state index in [1.54, 1.807) is 12.1 Å². The first-order valence-electron chi connectivity index (χ1n) is 8.17. The quantitative estimate of drug-likeness (QED) is 0.770. The summed E-state index contributed by atoms with van der Waals surface area (Å²) in [4.78, 5) is 14.3. The van der Waals surface area contributed by atoms with Crippen molar-refractivity contribution in [2.24, 2.45) is 0 Å². The number of para-hydroxylation sites is 1. The van der Waals surface area contributed by atoms with Gasteiger partial charge in [-0.2, -0.15) is 13.2 Å². The van der Waals surface area contributed by atoms with Crippen LogP contribution in [0.5, 0.6) is 5.75 Å². The minimum Gasteiger partial charge on any atom is -0.489 e. The molecule has 2 aromatic carbocycles. The molecular weight excluding hydrogens is 347 g/mol. The van der Waals surface area contributed by atoms with Crippen LogP contribution < -0.4 is 9.64 Å². The number of halogens is 3. The number of benzene rings is 2. The van der Waals surface area contributed by atoms with Crippen molar-refractivity contribution in [2.45, 2.75) is 12.6 Å². The largest absolute Gasteiger partial charge is 0.489 e. The van der Waals surface area contributed by atoms with Crippen LogP contribution >= 0.6 is 0 Å². The number of alkyl halides is 3. The van der Waals surface area contributed by atoms with E-state index in [1.807, 2.05) is 18.0 Å². The summed E-state index contributed by atoms with van der Waals surface area (Å²) >= 11 is 0. The number of carbonyl (C=O) groups excluding carboxylic acids is 1. The molecule has 0 aromatic heterocycles. The molecule has 0 fully saturated rings. The van der Waals surface area contributed by atoms with Crippen LogP contribution in [0.15, 0.2) is 42.5 Å². The molecule has 0 amide bonds. The summed E-state index contributed by atoms with van der Waals surface area (Å²) < 4.78 is 49.8. The lowest BCUT2D eigenvalue weighted by molar-refractivity contribution is -0.138. The third kappa shape index (κ3) is 3.76. The van der Waals surface area contributed by atoms with Gasteiger partial charge in [-0.1, -0.05) is 24.3 Å². The number of hydrogen-bond donors (Lipinski definition) is 0. The molecule has 0 atom stereocenters. The number of hydrogen-bond acceptors (Lipinski definition) is 4. The van der Waals surface area contributed by atoms with Crippen LogP contribution in [-0.2, 0) is 17.3 Å². The van der Waals surface area contributed by atoms with E-state index in [9.17, 15) is 18.0 Å². The number of carbonyl (C=O) groups is 1. The van der Waals surface area contributed by atoms with Crippen molar-refractivity contribution < 1.29 is 27.4 Å². The molecule has 0 unspecified atom stereocenters. The lowest BCUT2D eigenvalue weighted by atomic mass is 10.0. The lowest BCUT2D eigenvalue weighted by Gasteiger charge is -2.28. The summed E-state index contributed by atoms with van der Waals surface area (Å²) in [5, 5.41) is 0. The molecule has 0 radical (unpaired) electrons. The third-order valence-electron chi connectivity index (χ3n) is 4.23. The second-order valence-corrected chi connectivity index (χ2v) is 5.96. The molecule has 4 nitrogen and oxygen atoms in total. The number of nitrogens with zero attached hydrogens (tertiary/aromatic N) is 1. The molecule has 1 heterocycles. The molecule has 3 rings (SSSR count). The van der Waals surface area contributed by atoms with Crippen LogP contribution in [0.4, 0.5) is 18.9 Å². The molecule has 0 spiro atoms. The Balaban J connectivity index is 1.69. The van der Waals surface area contributed by atoms with Gasteiger partial charge in [0, 0.05) is 13.5 Å². The van der Waals surface area contributed by atoms with E-state index < -0.39 is 17.7 Å². The molecule has 26 heavy (non-hydrogen) atoms. The molecule has 1 aliphatic heterocycles. The number of fused-ring (bicyclic) bond motifs is 1. The van der Waals surface area contributed by atoms with Crippen molar-refractivity contribution >= 4 is 11.7 Å².